The van der Waals surface area contributed by atoms with E-state index in [-0.39, 0.29) is 5.56 Å². The lowest BCUT2D eigenvalue weighted by Crippen LogP contribution is -2.01. The molecular formula is C17H12N2O3. The highest BCUT2D eigenvalue weighted by atomic mass is 16.7. The molecule has 0 unspecified atom stereocenters. The average Bonchev–Trinajstić information content (AvgIpc) is 3.09. The van der Waals surface area contributed by atoms with Crippen LogP contribution in [0, 0.1) is 22.7 Å². The van der Waals surface area contributed by atoms with Crippen molar-refractivity contribution in [3.8, 4) is 23.6 Å². The summed E-state index contributed by atoms with van der Waals surface area (Å²) in [6, 6.07) is 16.2. The van der Waals surface area contributed by atoms with Crippen LogP contribution in [0.5, 0.6) is 11.5 Å². The van der Waals surface area contributed by atoms with E-state index in [4.69, 9.17) is 24.7 Å². The van der Waals surface area contributed by atoms with Crippen LogP contribution in [0.25, 0.3) is 0 Å². The summed E-state index contributed by atoms with van der Waals surface area (Å²) in [6.07, 6.45) is -0.440. The minimum Gasteiger partial charge on any atom is -0.457 e. The molecule has 0 bridgehead atoms. The first kappa shape index (κ1) is 14.1. The van der Waals surface area contributed by atoms with E-state index in [1.165, 1.54) is 0 Å². The number of nitriles is 2. The van der Waals surface area contributed by atoms with Crippen molar-refractivity contribution in [2.45, 2.75) is 6.29 Å². The SMILES string of the molecule is N#Cc1ccc(Oc2ccccc2C2OCCO2)cc1C#N. The fourth-order valence-corrected chi connectivity index (χ4v) is 2.21. The largest absolute Gasteiger partial charge is 0.457 e. The smallest absolute Gasteiger partial charge is 0.187 e. The lowest BCUT2D eigenvalue weighted by molar-refractivity contribution is -0.0452. The van der Waals surface area contributed by atoms with Gasteiger partial charge < -0.3 is 14.2 Å². The molecule has 1 fully saturated rings. The van der Waals surface area contributed by atoms with Crippen molar-refractivity contribution in [1.82, 2.24) is 0 Å². The van der Waals surface area contributed by atoms with Gasteiger partial charge in [0.05, 0.1) is 29.9 Å². The van der Waals surface area contributed by atoms with Gasteiger partial charge in [-0.25, -0.2) is 0 Å². The molecule has 0 atom stereocenters. The van der Waals surface area contributed by atoms with Crippen LogP contribution < -0.4 is 4.74 Å². The van der Waals surface area contributed by atoms with Crippen LogP contribution in [0.3, 0.4) is 0 Å². The first-order valence-corrected chi connectivity index (χ1v) is 6.76. The third-order valence-corrected chi connectivity index (χ3v) is 3.25. The summed E-state index contributed by atoms with van der Waals surface area (Å²) in [5.41, 5.74) is 1.40. The highest BCUT2D eigenvalue weighted by Crippen LogP contribution is 2.34. The maximum absolute atomic E-state index is 9.07. The molecule has 1 saturated heterocycles. The lowest BCUT2D eigenvalue weighted by Gasteiger charge is -2.15. The first-order valence-electron chi connectivity index (χ1n) is 6.76. The van der Waals surface area contributed by atoms with Crippen LogP contribution in [0.1, 0.15) is 23.0 Å². The summed E-state index contributed by atoms with van der Waals surface area (Å²) in [6.45, 7) is 1.10. The second kappa shape index (κ2) is 6.28. The molecule has 3 rings (SSSR count). The number of rotatable bonds is 3. The Labute approximate surface area is 127 Å². The second-order valence-corrected chi connectivity index (χ2v) is 4.64. The van der Waals surface area contributed by atoms with Crippen LogP contribution >= 0.6 is 0 Å². The molecule has 1 heterocycles. The third kappa shape index (κ3) is 2.77. The van der Waals surface area contributed by atoms with Gasteiger partial charge in [0.1, 0.15) is 23.6 Å². The van der Waals surface area contributed by atoms with Crippen molar-refractivity contribution < 1.29 is 14.2 Å². The Morgan fingerprint density at radius 3 is 2.41 bits per heavy atom. The highest BCUT2D eigenvalue weighted by molar-refractivity contribution is 5.50. The van der Waals surface area contributed by atoms with Crippen molar-refractivity contribution >= 4 is 0 Å². The van der Waals surface area contributed by atoms with E-state index in [1.54, 1.807) is 18.2 Å². The van der Waals surface area contributed by atoms with Crippen molar-refractivity contribution in [2.75, 3.05) is 13.2 Å². The molecule has 0 aliphatic carbocycles. The predicted molar refractivity (Wildman–Crippen MR) is 77.0 cm³/mol. The van der Waals surface area contributed by atoms with Crippen molar-refractivity contribution in [3.05, 3.63) is 59.2 Å². The van der Waals surface area contributed by atoms with E-state index in [2.05, 4.69) is 0 Å². The van der Waals surface area contributed by atoms with E-state index >= 15 is 0 Å². The molecule has 22 heavy (non-hydrogen) atoms. The molecule has 0 saturated carbocycles. The zero-order chi connectivity index (χ0) is 15.4. The Kier molecular flexibility index (Phi) is 4.02. The summed E-state index contributed by atoms with van der Waals surface area (Å²) >= 11 is 0. The molecule has 5 heteroatoms. The summed E-state index contributed by atoms with van der Waals surface area (Å²) < 4.78 is 16.8. The van der Waals surface area contributed by atoms with Crippen molar-refractivity contribution in [2.24, 2.45) is 0 Å². The molecule has 0 radical (unpaired) electrons. The standard InChI is InChI=1S/C17H12N2O3/c18-10-12-5-6-14(9-13(12)11-19)22-16-4-2-1-3-15(16)17-20-7-8-21-17/h1-6,9,17H,7-8H2. The summed E-state index contributed by atoms with van der Waals surface area (Å²) in [4.78, 5) is 0. The quantitative estimate of drug-likeness (QED) is 0.867. The molecule has 2 aromatic carbocycles. The van der Waals surface area contributed by atoms with E-state index < -0.39 is 6.29 Å². The molecule has 5 nitrogen and oxygen atoms in total. The van der Waals surface area contributed by atoms with Gasteiger partial charge in [-0.15, -0.1) is 0 Å². The Bertz CT molecular complexity index is 768. The van der Waals surface area contributed by atoms with Gasteiger partial charge in [-0.3, -0.25) is 0 Å². The molecular weight excluding hydrogens is 280 g/mol. The van der Waals surface area contributed by atoms with Gasteiger partial charge in [-0.1, -0.05) is 18.2 Å². The fourth-order valence-electron chi connectivity index (χ4n) is 2.21. The van der Waals surface area contributed by atoms with E-state index in [1.807, 2.05) is 36.4 Å². The molecule has 0 N–H and O–H groups in total. The Morgan fingerprint density at radius 2 is 1.68 bits per heavy atom. The molecule has 0 aromatic heterocycles. The maximum Gasteiger partial charge on any atom is 0.187 e. The van der Waals surface area contributed by atoms with Gasteiger partial charge in [0.25, 0.3) is 0 Å². The van der Waals surface area contributed by atoms with Gasteiger partial charge in [-0.05, 0) is 24.3 Å². The summed E-state index contributed by atoms with van der Waals surface area (Å²) in [5.74, 6) is 1.09. The lowest BCUT2D eigenvalue weighted by atomic mass is 10.1. The Balaban J connectivity index is 1.91. The van der Waals surface area contributed by atoms with Crippen molar-refractivity contribution in [3.63, 3.8) is 0 Å². The first-order chi connectivity index (χ1) is 10.8. The number of hydrogen-bond acceptors (Lipinski definition) is 5. The number of nitrogens with zero attached hydrogens (tertiary/aromatic N) is 2. The Hall–Kier alpha value is -2.86. The minimum atomic E-state index is -0.440. The molecule has 108 valence electrons. The van der Waals surface area contributed by atoms with Gasteiger partial charge in [0.15, 0.2) is 6.29 Å². The van der Waals surface area contributed by atoms with Crippen LogP contribution in [0.15, 0.2) is 42.5 Å². The predicted octanol–water partition coefficient (Wildman–Crippen LogP) is 3.27. The van der Waals surface area contributed by atoms with Crippen LogP contribution in [0.4, 0.5) is 0 Å². The van der Waals surface area contributed by atoms with E-state index in [0.717, 1.165) is 5.56 Å². The number of benzene rings is 2. The molecule has 0 spiro atoms. The van der Waals surface area contributed by atoms with Gasteiger partial charge >= 0.3 is 0 Å². The van der Waals surface area contributed by atoms with E-state index in [0.29, 0.717) is 30.3 Å². The zero-order valence-electron chi connectivity index (χ0n) is 11.7. The molecule has 1 aliphatic rings. The number of ether oxygens (including phenoxy) is 3. The number of para-hydroxylation sites is 1. The average molecular weight is 292 g/mol. The molecule has 0 amide bonds. The zero-order valence-corrected chi connectivity index (χ0v) is 11.7. The third-order valence-electron chi connectivity index (χ3n) is 3.25. The fraction of sp³-hybridized carbons (Fsp3) is 0.176. The Morgan fingerprint density at radius 1 is 0.955 bits per heavy atom. The van der Waals surface area contributed by atoms with Gasteiger partial charge in [-0.2, -0.15) is 10.5 Å². The second-order valence-electron chi connectivity index (χ2n) is 4.64. The van der Waals surface area contributed by atoms with Gasteiger partial charge in [0.2, 0.25) is 0 Å². The minimum absolute atomic E-state index is 0.283. The highest BCUT2D eigenvalue weighted by Gasteiger charge is 2.22. The monoisotopic (exact) mass is 292 g/mol. The maximum atomic E-state index is 9.07. The number of hydrogen-bond donors (Lipinski definition) is 0. The molecule has 1 aliphatic heterocycles. The topological polar surface area (TPSA) is 75.3 Å². The van der Waals surface area contributed by atoms with Crippen molar-refractivity contribution in [1.29, 1.82) is 10.5 Å². The summed E-state index contributed by atoms with van der Waals surface area (Å²) in [5, 5.41) is 18.0. The normalized spacial score (nSPS) is 14.3. The van der Waals surface area contributed by atoms with E-state index in [9.17, 15) is 0 Å². The van der Waals surface area contributed by atoms with Gasteiger partial charge in [0, 0.05) is 0 Å². The molecule has 2 aromatic rings. The van der Waals surface area contributed by atoms with Crippen LogP contribution in [-0.4, -0.2) is 13.2 Å². The van der Waals surface area contributed by atoms with Crippen LogP contribution in [-0.2, 0) is 9.47 Å². The van der Waals surface area contributed by atoms with Crippen LogP contribution in [0.2, 0.25) is 0 Å². The summed E-state index contributed by atoms with van der Waals surface area (Å²) in [7, 11) is 0.